The number of aromatic nitrogens is 1. The molecular weight excluding hydrogens is 345 g/mol. The lowest BCUT2D eigenvalue weighted by Crippen LogP contribution is -2.29. The highest BCUT2D eigenvalue weighted by molar-refractivity contribution is 5.74. The average Bonchev–Trinajstić information content (AvgIpc) is 2.73. The van der Waals surface area contributed by atoms with Gasteiger partial charge in [-0.3, -0.25) is 4.98 Å². The van der Waals surface area contributed by atoms with Gasteiger partial charge in [-0.1, -0.05) is 57.5 Å². The molecule has 1 aliphatic rings. The van der Waals surface area contributed by atoms with Crippen molar-refractivity contribution in [1.82, 2.24) is 4.98 Å². The summed E-state index contributed by atoms with van der Waals surface area (Å²) < 4.78 is 13.4. The summed E-state index contributed by atoms with van der Waals surface area (Å²) >= 11 is 0. The van der Waals surface area contributed by atoms with E-state index in [1.54, 1.807) is 0 Å². The first-order chi connectivity index (χ1) is 13.5. The summed E-state index contributed by atoms with van der Waals surface area (Å²) in [5, 5.41) is 0. The Morgan fingerprint density at radius 2 is 1.71 bits per heavy atom. The van der Waals surface area contributed by atoms with Crippen molar-refractivity contribution in [2.45, 2.75) is 46.5 Å². The van der Waals surface area contributed by atoms with Gasteiger partial charge in [0.25, 0.3) is 0 Å². The Hall–Kier alpha value is -2.48. The van der Waals surface area contributed by atoms with Gasteiger partial charge in [-0.15, -0.1) is 0 Å². The summed E-state index contributed by atoms with van der Waals surface area (Å²) in [5.74, 6) is 0.459. The van der Waals surface area contributed by atoms with E-state index in [1.165, 1.54) is 47.4 Å². The van der Waals surface area contributed by atoms with Crippen LogP contribution in [-0.4, -0.2) is 4.98 Å². The van der Waals surface area contributed by atoms with Gasteiger partial charge in [-0.25, -0.2) is 4.39 Å². The molecule has 0 amide bonds. The zero-order valence-corrected chi connectivity index (χ0v) is 17.0. The van der Waals surface area contributed by atoms with Crippen molar-refractivity contribution < 1.29 is 4.39 Å². The summed E-state index contributed by atoms with van der Waals surface area (Å²) in [7, 11) is 0. The first-order valence-corrected chi connectivity index (χ1v) is 10.3. The molecule has 0 saturated carbocycles. The monoisotopic (exact) mass is 373 g/mol. The fraction of sp³-hybridized carbons (Fsp3) is 0.346. The standard InChI is InChI=1S/C26H28FN/c1-4-26(2,3)20-12-15-24-23(16-20)22(18-8-6-5-7-9-18)17-25(28-24)19-10-13-21(27)14-11-19/h5-11,13-14,17,20H,4,12,15-16H2,1-3H3. The lowest BCUT2D eigenvalue weighted by molar-refractivity contribution is 0.182. The summed E-state index contributed by atoms with van der Waals surface area (Å²) in [6.45, 7) is 7.08. The molecule has 1 aliphatic carbocycles. The lowest BCUT2D eigenvalue weighted by Gasteiger charge is -2.37. The van der Waals surface area contributed by atoms with E-state index in [4.69, 9.17) is 4.98 Å². The Morgan fingerprint density at radius 3 is 2.39 bits per heavy atom. The summed E-state index contributed by atoms with van der Waals surface area (Å²) in [4.78, 5) is 5.02. The summed E-state index contributed by atoms with van der Waals surface area (Å²) in [6.07, 6.45) is 4.46. The van der Waals surface area contributed by atoms with E-state index in [0.717, 1.165) is 24.1 Å². The lowest BCUT2D eigenvalue weighted by atomic mass is 9.68. The zero-order valence-electron chi connectivity index (χ0n) is 17.0. The highest BCUT2D eigenvalue weighted by atomic mass is 19.1. The van der Waals surface area contributed by atoms with Gasteiger partial charge in [0.15, 0.2) is 0 Å². The van der Waals surface area contributed by atoms with Crippen molar-refractivity contribution in [2.24, 2.45) is 11.3 Å². The summed E-state index contributed by atoms with van der Waals surface area (Å²) in [6, 6.07) is 19.5. The maximum atomic E-state index is 13.4. The molecule has 1 heterocycles. The Balaban J connectivity index is 1.84. The highest BCUT2D eigenvalue weighted by Crippen LogP contribution is 2.43. The fourth-order valence-corrected chi connectivity index (χ4v) is 4.32. The molecule has 28 heavy (non-hydrogen) atoms. The number of aryl methyl sites for hydroxylation is 1. The first kappa shape index (κ1) is 18.9. The van der Waals surface area contributed by atoms with Crippen molar-refractivity contribution in [3.05, 3.63) is 77.7 Å². The number of rotatable bonds is 4. The molecule has 1 atom stereocenters. The van der Waals surface area contributed by atoms with E-state index in [0.29, 0.717) is 11.3 Å². The molecule has 0 fully saturated rings. The number of fused-ring (bicyclic) bond motifs is 1. The third-order valence-corrected chi connectivity index (χ3v) is 6.63. The minimum Gasteiger partial charge on any atom is -0.253 e. The van der Waals surface area contributed by atoms with Gasteiger partial charge in [0.2, 0.25) is 0 Å². The molecule has 2 aromatic carbocycles. The number of nitrogens with zero attached hydrogens (tertiary/aromatic N) is 1. The third kappa shape index (κ3) is 3.61. The van der Waals surface area contributed by atoms with Crippen LogP contribution in [0.5, 0.6) is 0 Å². The molecule has 4 rings (SSSR count). The molecule has 1 unspecified atom stereocenters. The van der Waals surface area contributed by atoms with Crippen LogP contribution >= 0.6 is 0 Å². The Kier molecular flexibility index (Phi) is 5.05. The van der Waals surface area contributed by atoms with Crippen LogP contribution in [0, 0.1) is 17.2 Å². The van der Waals surface area contributed by atoms with Gasteiger partial charge in [0, 0.05) is 11.3 Å². The SMILES string of the molecule is CCC(C)(C)C1CCc2nc(-c3ccc(F)cc3)cc(-c3ccccc3)c2C1. The molecule has 144 valence electrons. The van der Waals surface area contributed by atoms with Crippen molar-refractivity contribution in [3.8, 4) is 22.4 Å². The van der Waals surface area contributed by atoms with E-state index >= 15 is 0 Å². The number of hydrogen-bond donors (Lipinski definition) is 0. The van der Waals surface area contributed by atoms with E-state index < -0.39 is 0 Å². The zero-order chi connectivity index (χ0) is 19.7. The molecule has 0 saturated heterocycles. The predicted octanol–water partition coefficient (Wildman–Crippen LogP) is 7.10. The van der Waals surface area contributed by atoms with Gasteiger partial charge in [-0.2, -0.15) is 0 Å². The second kappa shape index (κ2) is 7.50. The largest absolute Gasteiger partial charge is 0.253 e. The second-order valence-electron chi connectivity index (χ2n) is 8.64. The minimum absolute atomic E-state index is 0.213. The third-order valence-electron chi connectivity index (χ3n) is 6.63. The minimum atomic E-state index is -0.213. The molecule has 0 N–H and O–H groups in total. The molecule has 1 nitrogen and oxygen atoms in total. The maximum absolute atomic E-state index is 13.4. The van der Waals surface area contributed by atoms with Crippen LogP contribution in [0.25, 0.3) is 22.4 Å². The molecule has 3 aromatic rings. The average molecular weight is 374 g/mol. The Labute approximate surface area is 167 Å². The van der Waals surface area contributed by atoms with E-state index in [1.807, 2.05) is 12.1 Å². The number of halogens is 1. The number of pyridine rings is 1. The maximum Gasteiger partial charge on any atom is 0.123 e. The van der Waals surface area contributed by atoms with Crippen LogP contribution in [0.4, 0.5) is 4.39 Å². The quantitative estimate of drug-likeness (QED) is 0.475. The fourth-order valence-electron chi connectivity index (χ4n) is 4.32. The molecular formula is C26H28FN. The van der Waals surface area contributed by atoms with Crippen molar-refractivity contribution >= 4 is 0 Å². The molecule has 0 aliphatic heterocycles. The van der Waals surface area contributed by atoms with Crippen molar-refractivity contribution in [2.75, 3.05) is 0 Å². The summed E-state index contributed by atoms with van der Waals surface area (Å²) in [5.41, 5.74) is 7.37. The molecule has 2 heteroatoms. The Bertz CT molecular complexity index is 958. The van der Waals surface area contributed by atoms with Gasteiger partial charge >= 0.3 is 0 Å². The van der Waals surface area contributed by atoms with Gasteiger partial charge < -0.3 is 0 Å². The van der Waals surface area contributed by atoms with Crippen molar-refractivity contribution in [1.29, 1.82) is 0 Å². The van der Waals surface area contributed by atoms with Crippen LogP contribution in [0.3, 0.4) is 0 Å². The number of benzene rings is 2. The van der Waals surface area contributed by atoms with Crippen LogP contribution in [-0.2, 0) is 12.8 Å². The molecule has 0 bridgehead atoms. The molecule has 0 radical (unpaired) electrons. The van der Waals surface area contributed by atoms with Crippen LogP contribution in [0.1, 0.15) is 44.9 Å². The van der Waals surface area contributed by atoms with E-state index in [-0.39, 0.29) is 5.82 Å². The topological polar surface area (TPSA) is 12.9 Å². The smallest absolute Gasteiger partial charge is 0.123 e. The first-order valence-electron chi connectivity index (χ1n) is 10.3. The van der Waals surface area contributed by atoms with Crippen LogP contribution < -0.4 is 0 Å². The normalized spacial score (nSPS) is 16.6. The van der Waals surface area contributed by atoms with Gasteiger partial charge in [0.05, 0.1) is 5.69 Å². The molecule has 1 aromatic heterocycles. The van der Waals surface area contributed by atoms with E-state index in [9.17, 15) is 4.39 Å². The van der Waals surface area contributed by atoms with Crippen LogP contribution in [0.15, 0.2) is 60.7 Å². The van der Waals surface area contributed by atoms with Gasteiger partial charge in [-0.05, 0) is 77.6 Å². The predicted molar refractivity (Wildman–Crippen MR) is 115 cm³/mol. The second-order valence-corrected chi connectivity index (χ2v) is 8.64. The van der Waals surface area contributed by atoms with Crippen LogP contribution in [0.2, 0.25) is 0 Å². The van der Waals surface area contributed by atoms with Gasteiger partial charge in [0.1, 0.15) is 5.82 Å². The Morgan fingerprint density at radius 1 is 1.00 bits per heavy atom. The van der Waals surface area contributed by atoms with E-state index in [2.05, 4.69) is 57.2 Å². The molecule has 0 spiro atoms. The van der Waals surface area contributed by atoms with Crippen molar-refractivity contribution in [3.63, 3.8) is 0 Å². The highest BCUT2D eigenvalue weighted by Gasteiger charge is 2.33. The number of hydrogen-bond acceptors (Lipinski definition) is 1.